The van der Waals surface area contributed by atoms with Gasteiger partial charge in [-0.1, -0.05) is 35.9 Å². The molecule has 4 aromatic rings. The summed E-state index contributed by atoms with van der Waals surface area (Å²) in [5.74, 6) is 0.316. The van der Waals surface area contributed by atoms with Crippen LogP contribution in [-0.4, -0.2) is 15.5 Å². The Balaban J connectivity index is 1.63. The molecule has 6 heteroatoms. The molecule has 0 atom stereocenters. The van der Waals surface area contributed by atoms with Gasteiger partial charge >= 0.3 is 0 Å². The van der Waals surface area contributed by atoms with E-state index in [1.807, 2.05) is 63.2 Å². The van der Waals surface area contributed by atoms with Crippen molar-refractivity contribution >= 4 is 33.1 Å². The van der Waals surface area contributed by atoms with E-state index >= 15 is 0 Å². The molecule has 0 radical (unpaired) electrons. The summed E-state index contributed by atoms with van der Waals surface area (Å²) in [6.07, 6.45) is 4.15. The van der Waals surface area contributed by atoms with Crippen LogP contribution in [0.25, 0.3) is 21.6 Å². The summed E-state index contributed by atoms with van der Waals surface area (Å²) >= 11 is 1.64. The van der Waals surface area contributed by atoms with Gasteiger partial charge in [-0.05, 0) is 75.3 Å². The Hall–Kier alpha value is -3.25. The quantitative estimate of drug-likeness (QED) is 0.436. The molecular formula is C27H27N3O2S. The maximum absolute atomic E-state index is 13.8. The maximum atomic E-state index is 13.8. The Morgan fingerprint density at radius 2 is 1.85 bits per heavy atom. The second kappa shape index (κ2) is 8.60. The molecule has 33 heavy (non-hydrogen) atoms. The van der Waals surface area contributed by atoms with Gasteiger partial charge in [-0.15, -0.1) is 11.3 Å². The smallest absolute Gasteiger partial charge is 0.263 e. The van der Waals surface area contributed by atoms with E-state index in [-0.39, 0.29) is 18.0 Å². The maximum Gasteiger partial charge on any atom is 0.263 e. The van der Waals surface area contributed by atoms with Crippen LogP contribution in [0.4, 0.5) is 5.69 Å². The van der Waals surface area contributed by atoms with Crippen molar-refractivity contribution in [3.8, 4) is 11.4 Å². The Bertz CT molecular complexity index is 1450. The zero-order chi connectivity index (χ0) is 23.1. The lowest BCUT2D eigenvalue weighted by Gasteiger charge is -2.15. The van der Waals surface area contributed by atoms with Gasteiger partial charge < -0.3 is 5.32 Å². The minimum absolute atomic E-state index is 0.0803. The Labute approximate surface area is 197 Å². The van der Waals surface area contributed by atoms with E-state index in [0.717, 1.165) is 64.0 Å². The van der Waals surface area contributed by atoms with Gasteiger partial charge in [0.2, 0.25) is 5.91 Å². The number of anilines is 1. The molecule has 0 fully saturated rings. The summed E-state index contributed by atoms with van der Waals surface area (Å²) in [4.78, 5) is 33.9. The summed E-state index contributed by atoms with van der Waals surface area (Å²) in [7, 11) is 0. The number of nitrogens with zero attached hydrogens (tertiary/aromatic N) is 2. The highest BCUT2D eigenvalue weighted by atomic mass is 32.1. The molecule has 0 spiro atoms. The lowest BCUT2D eigenvalue weighted by atomic mass is 9.97. The number of fused-ring (bicyclic) bond motifs is 3. The third-order valence-electron chi connectivity index (χ3n) is 6.32. The van der Waals surface area contributed by atoms with Crippen LogP contribution in [0.3, 0.4) is 0 Å². The third-order valence-corrected chi connectivity index (χ3v) is 7.51. The van der Waals surface area contributed by atoms with Gasteiger partial charge in [0.1, 0.15) is 17.2 Å². The highest BCUT2D eigenvalue weighted by Gasteiger charge is 2.23. The largest absolute Gasteiger partial charge is 0.324 e. The molecule has 2 aromatic carbocycles. The molecule has 168 valence electrons. The molecule has 2 aromatic heterocycles. The van der Waals surface area contributed by atoms with Gasteiger partial charge in [-0.2, -0.15) is 0 Å². The van der Waals surface area contributed by atoms with E-state index in [0.29, 0.717) is 11.2 Å². The highest BCUT2D eigenvalue weighted by molar-refractivity contribution is 7.18. The number of rotatable bonds is 4. The van der Waals surface area contributed by atoms with Gasteiger partial charge in [0, 0.05) is 16.1 Å². The van der Waals surface area contributed by atoms with E-state index in [4.69, 9.17) is 4.98 Å². The topological polar surface area (TPSA) is 64.0 Å². The molecule has 5 rings (SSSR count). The van der Waals surface area contributed by atoms with Gasteiger partial charge in [0.15, 0.2) is 0 Å². The van der Waals surface area contributed by atoms with E-state index < -0.39 is 0 Å². The summed E-state index contributed by atoms with van der Waals surface area (Å²) in [6, 6.07) is 13.9. The number of nitrogens with one attached hydrogen (secondary N) is 1. The van der Waals surface area contributed by atoms with E-state index in [1.54, 1.807) is 15.9 Å². The first-order valence-corrected chi connectivity index (χ1v) is 12.2. The Morgan fingerprint density at radius 3 is 2.67 bits per heavy atom. The van der Waals surface area contributed by atoms with Gasteiger partial charge in [0.05, 0.1) is 5.39 Å². The predicted molar refractivity (Wildman–Crippen MR) is 135 cm³/mol. The number of amides is 1. The number of aryl methyl sites for hydroxylation is 5. The van der Waals surface area contributed by atoms with Crippen LogP contribution >= 0.6 is 11.3 Å². The molecule has 1 amide bonds. The number of thiophene rings is 1. The normalized spacial score (nSPS) is 13.2. The fourth-order valence-corrected chi connectivity index (χ4v) is 5.85. The van der Waals surface area contributed by atoms with Crippen molar-refractivity contribution in [3.05, 3.63) is 79.9 Å². The van der Waals surface area contributed by atoms with Crippen LogP contribution in [-0.2, 0) is 24.2 Å². The highest BCUT2D eigenvalue weighted by Crippen LogP contribution is 2.35. The standard InChI is InChI=1S/C27H27N3O2S/c1-16-7-6-8-19(13-16)25-29-26-24(20-9-4-5-10-22(20)33-26)27(32)30(25)15-23(31)28-21-14-17(2)11-12-18(21)3/h6-8,11-14H,4-5,9-10,15H2,1-3H3,(H,28,31). The van der Waals surface area contributed by atoms with Crippen molar-refractivity contribution in [2.45, 2.75) is 53.0 Å². The van der Waals surface area contributed by atoms with Crippen molar-refractivity contribution in [1.29, 1.82) is 0 Å². The van der Waals surface area contributed by atoms with Crippen LogP contribution in [0.5, 0.6) is 0 Å². The molecule has 0 bridgehead atoms. The first-order chi connectivity index (χ1) is 15.9. The van der Waals surface area contributed by atoms with Gasteiger partial charge in [0.25, 0.3) is 5.56 Å². The molecule has 1 aliphatic rings. The Morgan fingerprint density at radius 1 is 1.06 bits per heavy atom. The van der Waals surface area contributed by atoms with Crippen LogP contribution in [0, 0.1) is 20.8 Å². The molecule has 2 heterocycles. The summed E-state index contributed by atoms with van der Waals surface area (Å²) in [5.41, 5.74) is 5.78. The minimum atomic E-state index is -0.232. The zero-order valence-corrected chi connectivity index (χ0v) is 20.0. The molecule has 0 unspecified atom stereocenters. The number of benzene rings is 2. The fraction of sp³-hybridized carbons (Fsp3) is 0.296. The van der Waals surface area contributed by atoms with Crippen molar-refractivity contribution in [1.82, 2.24) is 9.55 Å². The second-order valence-corrected chi connectivity index (χ2v) is 10.0. The average molecular weight is 458 g/mol. The van der Waals surface area contributed by atoms with Crippen LogP contribution < -0.4 is 10.9 Å². The molecule has 0 aliphatic heterocycles. The lowest BCUT2D eigenvalue weighted by Crippen LogP contribution is -2.30. The molecule has 0 saturated carbocycles. The second-order valence-electron chi connectivity index (χ2n) is 8.95. The number of hydrogen-bond acceptors (Lipinski definition) is 4. The van der Waals surface area contributed by atoms with Crippen molar-refractivity contribution in [2.75, 3.05) is 5.32 Å². The average Bonchev–Trinajstić information content (AvgIpc) is 3.17. The number of hydrogen-bond donors (Lipinski definition) is 1. The molecule has 1 aliphatic carbocycles. The van der Waals surface area contributed by atoms with Gasteiger partial charge in [-0.25, -0.2) is 4.98 Å². The number of carbonyl (C=O) groups is 1. The van der Waals surface area contributed by atoms with E-state index in [9.17, 15) is 9.59 Å². The van der Waals surface area contributed by atoms with Crippen LogP contribution in [0.2, 0.25) is 0 Å². The van der Waals surface area contributed by atoms with Crippen molar-refractivity contribution < 1.29 is 4.79 Å². The molecule has 5 nitrogen and oxygen atoms in total. The first kappa shape index (κ1) is 21.6. The van der Waals surface area contributed by atoms with Crippen LogP contribution in [0.15, 0.2) is 47.3 Å². The van der Waals surface area contributed by atoms with E-state index in [1.165, 1.54) is 4.88 Å². The minimum Gasteiger partial charge on any atom is -0.324 e. The molecule has 1 N–H and O–H groups in total. The third kappa shape index (κ3) is 4.11. The van der Waals surface area contributed by atoms with Gasteiger partial charge in [-0.3, -0.25) is 14.2 Å². The molecule has 0 saturated heterocycles. The predicted octanol–water partition coefficient (Wildman–Crippen LogP) is 5.57. The van der Waals surface area contributed by atoms with Crippen molar-refractivity contribution in [2.24, 2.45) is 0 Å². The number of aromatic nitrogens is 2. The summed E-state index contributed by atoms with van der Waals surface area (Å²) in [6.45, 7) is 5.89. The summed E-state index contributed by atoms with van der Waals surface area (Å²) < 4.78 is 1.55. The number of carbonyl (C=O) groups excluding carboxylic acids is 1. The van der Waals surface area contributed by atoms with E-state index in [2.05, 4.69) is 5.32 Å². The lowest BCUT2D eigenvalue weighted by molar-refractivity contribution is -0.116. The van der Waals surface area contributed by atoms with Crippen molar-refractivity contribution in [3.63, 3.8) is 0 Å². The fourth-order valence-electron chi connectivity index (χ4n) is 4.59. The molecular weight excluding hydrogens is 430 g/mol. The SMILES string of the molecule is Cc1cccc(-c2nc3sc4c(c3c(=O)n2CC(=O)Nc2cc(C)ccc2C)CCCC4)c1. The first-order valence-electron chi connectivity index (χ1n) is 11.4. The Kier molecular flexibility index (Phi) is 5.62. The monoisotopic (exact) mass is 457 g/mol. The zero-order valence-electron chi connectivity index (χ0n) is 19.2. The summed E-state index contributed by atoms with van der Waals surface area (Å²) in [5, 5.41) is 3.70. The van der Waals surface area contributed by atoms with Crippen LogP contribution in [0.1, 0.15) is 40.0 Å².